The number of esters is 1. The Bertz CT molecular complexity index is 622. The highest BCUT2D eigenvalue weighted by molar-refractivity contribution is 5.90. The summed E-state index contributed by atoms with van der Waals surface area (Å²) in [6.07, 6.45) is 1.10. The first kappa shape index (κ1) is 16.7. The Kier molecular flexibility index (Phi) is 5.15. The van der Waals surface area contributed by atoms with Crippen molar-refractivity contribution in [3.63, 3.8) is 0 Å². The molecule has 0 bridgehead atoms. The van der Waals surface area contributed by atoms with E-state index in [1.165, 1.54) is 12.1 Å². The summed E-state index contributed by atoms with van der Waals surface area (Å²) in [4.78, 5) is 35.1. The summed E-state index contributed by atoms with van der Waals surface area (Å²) in [5.41, 5.74) is 0.0173. The Labute approximate surface area is 132 Å². The molecule has 1 aromatic carbocycles. The number of nitro groups is 1. The van der Waals surface area contributed by atoms with E-state index in [4.69, 9.17) is 9.84 Å². The molecule has 1 heterocycles. The van der Waals surface area contributed by atoms with Crippen LogP contribution in [-0.4, -0.2) is 41.7 Å². The molecular weight excluding hydrogens is 304 g/mol. The smallest absolute Gasteiger partial charge is 0.335 e. The van der Waals surface area contributed by atoms with Gasteiger partial charge in [-0.15, -0.1) is 0 Å². The number of ether oxygens (including phenoxy) is 1. The third-order valence-corrected chi connectivity index (χ3v) is 3.87. The van der Waals surface area contributed by atoms with Gasteiger partial charge in [0.1, 0.15) is 5.69 Å². The summed E-state index contributed by atoms with van der Waals surface area (Å²) < 4.78 is 5.00. The topological polar surface area (TPSA) is 110 Å². The van der Waals surface area contributed by atoms with Gasteiger partial charge >= 0.3 is 11.9 Å². The number of nitro benzene ring substituents is 1. The summed E-state index contributed by atoms with van der Waals surface area (Å²) in [5, 5.41) is 20.2. The van der Waals surface area contributed by atoms with Crippen LogP contribution in [0.25, 0.3) is 0 Å². The normalized spacial score (nSPS) is 15.3. The average molecular weight is 322 g/mol. The zero-order chi connectivity index (χ0) is 17.0. The Morgan fingerprint density at radius 1 is 1.39 bits per heavy atom. The van der Waals surface area contributed by atoms with Gasteiger partial charge in [0, 0.05) is 19.2 Å². The van der Waals surface area contributed by atoms with Gasteiger partial charge in [-0.25, -0.2) is 4.79 Å². The lowest BCUT2D eigenvalue weighted by Gasteiger charge is -2.32. The maximum atomic E-state index is 11.7. The lowest BCUT2D eigenvalue weighted by Crippen LogP contribution is -2.37. The molecule has 1 aliphatic rings. The van der Waals surface area contributed by atoms with E-state index in [1.807, 2.05) is 0 Å². The van der Waals surface area contributed by atoms with Crippen LogP contribution in [0.4, 0.5) is 11.4 Å². The molecule has 0 spiro atoms. The second-order valence-electron chi connectivity index (χ2n) is 5.28. The molecule has 23 heavy (non-hydrogen) atoms. The number of carbonyl (C=O) groups excluding carboxylic acids is 1. The molecule has 2 rings (SSSR count). The highest BCUT2D eigenvalue weighted by atomic mass is 16.6. The van der Waals surface area contributed by atoms with Gasteiger partial charge in [0.25, 0.3) is 5.69 Å². The number of aromatic carboxylic acids is 1. The summed E-state index contributed by atoms with van der Waals surface area (Å²) in [7, 11) is 0. The van der Waals surface area contributed by atoms with Crippen LogP contribution in [0.5, 0.6) is 0 Å². The van der Waals surface area contributed by atoms with Gasteiger partial charge in [-0.3, -0.25) is 14.9 Å². The predicted molar refractivity (Wildman–Crippen MR) is 81.6 cm³/mol. The maximum absolute atomic E-state index is 11.7. The number of carboxylic acid groups (broad SMARTS) is 1. The summed E-state index contributed by atoms with van der Waals surface area (Å²) in [5.74, 6) is -1.63. The first-order chi connectivity index (χ1) is 10.9. The molecular formula is C15H18N2O6. The number of piperidine rings is 1. The van der Waals surface area contributed by atoms with Crippen molar-refractivity contribution in [1.82, 2.24) is 0 Å². The van der Waals surface area contributed by atoms with E-state index >= 15 is 0 Å². The molecule has 1 aliphatic heterocycles. The number of carboxylic acids is 1. The second-order valence-corrected chi connectivity index (χ2v) is 5.28. The first-order valence-electron chi connectivity index (χ1n) is 7.37. The predicted octanol–water partition coefficient (Wildman–Crippen LogP) is 2.07. The molecule has 8 nitrogen and oxygen atoms in total. The number of hydrogen-bond acceptors (Lipinski definition) is 6. The minimum Gasteiger partial charge on any atom is -0.478 e. The number of benzene rings is 1. The zero-order valence-electron chi connectivity index (χ0n) is 12.7. The third kappa shape index (κ3) is 3.77. The summed E-state index contributed by atoms with van der Waals surface area (Å²) >= 11 is 0. The molecule has 0 amide bonds. The number of carbonyl (C=O) groups is 2. The van der Waals surface area contributed by atoms with Crippen LogP contribution in [0.3, 0.4) is 0 Å². The van der Waals surface area contributed by atoms with E-state index in [0.29, 0.717) is 38.2 Å². The molecule has 0 saturated carbocycles. The van der Waals surface area contributed by atoms with E-state index in [9.17, 15) is 19.7 Å². The van der Waals surface area contributed by atoms with Crippen LogP contribution in [-0.2, 0) is 9.53 Å². The van der Waals surface area contributed by atoms with Crippen LogP contribution in [0.1, 0.15) is 30.1 Å². The van der Waals surface area contributed by atoms with Crippen molar-refractivity contribution in [3.8, 4) is 0 Å². The minimum absolute atomic E-state index is 0.123. The summed E-state index contributed by atoms with van der Waals surface area (Å²) in [6.45, 7) is 3.05. The van der Waals surface area contributed by atoms with Gasteiger partial charge in [-0.2, -0.15) is 0 Å². The number of anilines is 1. The molecule has 0 radical (unpaired) electrons. The van der Waals surface area contributed by atoms with Gasteiger partial charge in [-0.1, -0.05) is 0 Å². The SMILES string of the molecule is CCOC(=O)C1CCN(c2ccc(C(=O)O)cc2[N+](=O)[O-])CC1. The molecule has 0 atom stereocenters. The van der Waals surface area contributed by atoms with E-state index in [0.717, 1.165) is 6.07 Å². The van der Waals surface area contributed by atoms with Gasteiger partial charge in [0.2, 0.25) is 0 Å². The Morgan fingerprint density at radius 2 is 2.04 bits per heavy atom. The standard InChI is InChI=1S/C15H18N2O6/c1-2-23-15(20)10-5-7-16(8-6-10)12-4-3-11(14(18)19)9-13(12)17(21)22/h3-4,9-10H,2,5-8H2,1H3,(H,18,19). The van der Waals surface area contributed by atoms with Gasteiger partial charge in [0.15, 0.2) is 0 Å². The molecule has 0 aliphatic carbocycles. The molecule has 0 aromatic heterocycles. The van der Waals surface area contributed by atoms with Crippen LogP contribution in [0.15, 0.2) is 18.2 Å². The molecule has 8 heteroatoms. The minimum atomic E-state index is -1.21. The van der Waals surface area contributed by atoms with Crippen molar-refractivity contribution in [2.24, 2.45) is 5.92 Å². The fraction of sp³-hybridized carbons (Fsp3) is 0.467. The van der Waals surface area contributed by atoms with Gasteiger partial charge < -0.3 is 14.7 Å². The number of nitrogens with zero attached hydrogens (tertiary/aromatic N) is 2. The fourth-order valence-electron chi connectivity index (χ4n) is 2.69. The van der Waals surface area contributed by atoms with Gasteiger partial charge in [0.05, 0.1) is 23.0 Å². The van der Waals surface area contributed by atoms with Crippen LogP contribution in [0, 0.1) is 16.0 Å². The van der Waals surface area contributed by atoms with Crippen LogP contribution in [0.2, 0.25) is 0 Å². The van der Waals surface area contributed by atoms with Crippen molar-refractivity contribution in [2.75, 3.05) is 24.6 Å². The van der Waals surface area contributed by atoms with E-state index in [2.05, 4.69) is 0 Å². The molecule has 1 fully saturated rings. The Balaban J connectivity index is 2.16. The number of hydrogen-bond donors (Lipinski definition) is 1. The molecule has 1 N–H and O–H groups in total. The third-order valence-electron chi connectivity index (χ3n) is 3.87. The van der Waals surface area contributed by atoms with Crippen molar-refractivity contribution in [3.05, 3.63) is 33.9 Å². The average Bonchev–Trinajstić information content (AvgIpc) is 2.54. The van der Waals surface area contributed by atoms with E-state index in [-0.39, 0.29) is 23.1 Å². The monoisotopic (exact) mass is 322 g/mol. The summed E-state index contributed by atoms with van der Waals surface area (Å²) in [6, 6.07) is 3.86. The van der Waals surface area contributed by atoms with Crippen molar-refractivity contribution < 1.29 is 24.4 Å². The highest BCUT2D eigenvalue weighted by Crippen LogP contribution is 2.32. The van der Waals surface area contributed by atoms with Crippen molar-refractivity contribution in [2.45, 2.75) is 19.8 Å². The Morgan fingerprint density at radius 3 is 2.57 bits per heavy atom. The fourth-order valence-corrected chi connectivity index (χ4v) is 2.69. The quantitative estimate of drug-likeness (QED) is 0.502. The zero-order valence-corrected chi connectivity index (χ0v) is 12.7. The number of rotatable bonds is 5. The lowest BCUT2D eigenvalue weighted by molar-refractivity contribution is -0.384. The van der Waals surface area contributed by atoms with Crippen molar-refractivity contribution in [1.29, 1.82) is 0 Å². The van der Waals surface area contributed by atoms with E-state index < -0.39 is 10.9 Å². The maximum Gasteiger partial charge on any atom is 0.335 e. The van der Waals surface area contributed by atoms with Crippen LogP contribution < -0.4 is 4.90 Å². The van der Waals surface area contributed by atoms with Gasteiger partial charge in [-0.05, 0) is 31.9 Å². The molecule has 124 valence electrons. The Hall–Kier alpha value is -2.64. The molecule has 1 aromatic rings. The largest absolute Gasteiger partial charge is 0.478 e. The molecule has 1 saturated heterocycles. The van der Waals surface area contributed by atoms with Crippen LogP contribution >= 0.6 is 0 Å². The molecule has 0 unspecified atom stereocenters. The highest BCUT2D eigenvalue weighted by Gasteiger charge is 2.29. The van der Waals surface area contributed by atoms with Crippen molar-refractivity contribution >= 4 is 23.3 Å². The lowest BCUT2D eigenvalue weighted by atomic mass is 9.96. The van der Waals surface area contributed by atoms with E-state index in [1.54, 1.807) is 11.8 Å². The second kappa shape index (κ2) is 7.08. The first-order valence-corrected chi connectivity index (χ1v) is 7.37.